The fraction of sp³-hybridized carbons (Fsp3) is 0.700. The minimum absolute atomic E-state index is 0.192. The number of nitrogens with two attached hydrogens (primary N) is 1. The molecule has 0 aliphatic heterocycles. The molecule has 0 aliphatic carbocycles. The minimum atomic E-state index is -1.06. The van der Waals surface area contributed by atoms with Gasteiger partial charge in [-0.05, 0) is 12.8 Å². The Morgan fingerprint density at radius 1 is 1.35 bits per heavy atom. The molecule has 3 amide bonds. The van der Waals surface area contributed by atoms with Gasteiger partial charge in [0.15, 0.2) is 0 Å². The second-order valence-electron chi connectivity index (χ2n) is 3.65. The first kappa shape index (κ1) is 15.2. The number of hydrogen-bond acceptors (Lipinski definition) is 3. The van der Waals surface area contributed by atoms with E-state index in [1.54, 1.807) is 0 Å². The van der Waals surface area contributed by atoms with Gasteiger partial charge in [-0.1, -0.05) is 13.3 Å². The number of amides is 3. The molecule has 7 heteroatoms. The molecule has 0 bridgehead atoms. The molecule has 0 saturated carbocycles. The second-order valence-corrected chi connectivity index (χ2v) is 3.65. The number of carbonyl (C=O) groups excluding carboxylic acids is 2. The highest BCUT2D eigenvalue weighted by molar-refractivity contribution is 5.82. The van der Waals surface area contributed by atoms with Crippen molar-refractivity contribution in [1.82, 2.24) is 10.6 Å². The van der Waals surface area contributed by atoms with Crippen LogP contribution in [0.5, 0.6) is 0 Å². The van der Waals surface area contributed by atoms with Crippen molar-refractivity contribution in [3.63, 3.8) is 0 Å². The first-order valence-corrected chi connectivity index (χ1v) is 5.52. The van der Waals surface area contributed by atoms with Gasteiger partial charge in [0.2, 0.25) is 5.91 Å². The Bertz CT molecular complexity index is 281. The van der Waals surface area contributed by atoms with Crippen molar-refractivity contribution >= 4 is 17.9 Å². The molecule has 0 unspecified atom stereocenters. The summed E-state index contributed by atoms with van der Waals surface area (Å²) in [5.41, 5.74) is 4.92. The van der Waals surface area contributed by atoms with Crippen molar-refractivity contribution in [1.29, 1.82) is 0 Å². The smallest absolute Gasteiger partial charge is 0.326 e. The number of rotatable bonds is 8. The van der Waals surface area contributed by atoms with Crippen molar-refractivity contribution in [2.24, 2.45) is 5.73 Å². The molecular weight excluding hydrogens is 226 g/mol. The molecule has 0 heterocycles. The molecule has 0 rings (SSSR count). The molecule has 0 aliphatic rings. The molecule has 1 atom stereocenters. The topological polar surface area (TPSA) is 122 Å². The van der Waals surface area contributed by atoms with E-state index in [1.165, 1.54) is 0 Å². The largest absolute Gasteiger partial charge is 0.480 e. The number of urea groups is 1. The average Bonchev–Trinajstić information content (AvgIpc) is 2.23. The fourth-order valence-electron chi connectivity index (χ4n) is 1.22. The predicted octanol–water partition coefficient (Wildman–Crippen LogP) is -0.196. The van der Waals surface area contributed by atoms with Crippen LogP contribution in [0, 0.1) is 0 Å². The molecule has 0 saturated heterocycles. The normalized spacial score (nSPS) is 11.6. The molecule has 0 aromatic rings. The number of nitrogens with one attached hydrogen (secondary N) is 2. The van der Waals surface area contributed by atoms with Crippen molar-refractivity contribution in [2.75, 3.05) is 6.54 Å². The zero-order chi connectivity index (χ0) is 13.3. The van der Waals surface area contributed by atoms with Crippen LogP contribution in [0.3, 0.4) is 0 Å². The van der Waals surface area contributed by atoms with Crippen molar-refractivity contribution in [3.05, 3.63) is 0 Å². The highest BCUT2D eigenvalue weighted by atomic mass is 16.4. The highest BCUT2D eigenvalue weighted by Crippen LogP contribution is 1.96. The lowest BCUT2D eigenvalue weighted by Gasteiger charge is -2.14. The van der Waals surface area contributed by atoms with Gasteiger partial charge in [0.25, 0.3) is 0 Å². The van der Waals surface area contributed by atoms with E-state index in [0.29, 0.717) is 19.3 Å². The third-order valence-electron chi connectivity index (χ3n) is 2.07. The van der Waals surface area contributed by atoms with Gasteiger partial charge in [-0.3, -0.25) is 4.79 Å². The summed E-state index contributed by atoms with van der Waals surface area (Å²) < 4.78 is 0. The Hall–Kier alpha value is -1.79. The van der Waals surface area contributed by atoms with E-state index >= 15 is 0 Å². The molecule has 5 N–H and O–H groups in total. The summed E-state index contributed by atoms with van der Waals surface area (Å²) in [7, 11) is 0. The van der Waals surface area contributed by atoms with Gasteiger partial charge in [0.1, 0.15) is 6.04 Å². The number of primary amides is 1. The van der Waals surface area contributed by atoms with Gasteiger partial charge in [0.05, 0.1) is 0 Å². The molecule has 0 fully saturated rings. The monoisotopic (exact) mass is 245 g/mol. The van der Waals surface area contributed by atoms with Crippen LogP contribution in [0.15, 0.2) is 0 Å². The molecule has 0 aromatic heterocycles. The van der Waals surface area contributed by atoms with E-state index in [2.05, 4.69) is 10.6 Å². The lowest BCUT2D eigenvalue weighted by molar-refractivity contribution is -0.139. The molecular formula is C10H19N3O4. The molecule has 7 nitrogen and oxygen atoms in total. The number of carbonyl (C=O) groups is 3. The van der Waals surface area contributed by atoms with Gasteiger partial charge in [-0.2, -0.15) is 0 Å². The molecule has 98 valence electrons. The summed E-state index contributed by atoms with van der Waals surface area (Å²) in [4.78, 5) is 32.4. The van der Waals surface area contributed by atoms with Gasteiger partial charge in [0, 0.05) is 13.0 Å². The van der Waals surface area contributed by atoms with Gasteiger partial charge in [-0.15, -0.1) is 0 Å². The Labute approximate surface area is 99.7 Å². The summed E-state index contributed by atoms with van der Waals surface area (Å²) in [5, 5.41) is 13.6. The van der Waals surface area contributed by atoms with Crippen LogP contribution in [0.1, 0.15) is 32.6 Å². The van der Waals surface area contributed by atoms with E-state index in [0.717, 1.165) is 0 Å². The molecule has 0 radical (unpaired) electrons. The second kappa shape index (κ2) is 8.37. The van der Waals surface area contributed by atoms with E-state index in [1.807, 2.05) is 6.92 Å². The van der Waals surface area contributed by atoms with Gasteiger partial charge in [-0.25, -0.2) is 9.59 Å². The van der Waals surface area contributed by atoms with Crippen molar-refractivity contribution in [2.45, 2.75) is 38.6 Å². The van der Waals surface area contributed by atoms with Crippen LogP contribution in [0.4, 0.5) is 4.79 Å². The zero-order valence-corrected chi connectivity index (χ0v) is 9.86. The third kappa shape index (κ3) is 8.06. The Morgan fingerprint density at radius 2 is 2.00 bits per heavy atom. The van der Waals surface area contributed by atoms with E-state index in [-0.39, 0.29) is 13.0 Å². The summed E-state index contributed by atoms with van der Waals surface area (Å²) in [6, 6.07) is -1.42. The number of aliphatic carboxylic acids is 1. The lowest BCUT2D eigenvalue weighted by atomic mass is 10.2. The van der Waals surface area contributed by atoms with Gasteiger partial charge < -0.3 is 21.5 Å². The number of carboxylic acid groups (broad SMARTS) is 1. The standard InChI is InChI=1S/C10H19N3O4/c1-2-4-7(9(15)16)13-10(17)12-6-3-5-8(11)14/h7H,2-6H2,1H3,(H2,11,14)(H,15,16)(H2,12,13,17)/t7-/m0/s1. The van der Waals surface area contributed by atoms with Gasteiger partial charge >= 0.3 is 12.0 Å². The van der Waals surface area contributed by atoms with Crippen LogP contribution in [0.25, 0.3) is 0 Å². The maximum atomic E-state index is 11.3. The summed E-state index contributed by atoms with van der Waals surface area (Å²) >= 11 is 0. The van der Waals surface area contributed by atoms with Crippen LogP contribution in [-0.2, 0) is 9.59 Å². The Kier molecular flexibility index (Phi) is 7.49. The Balaban J connectivity index is 3.82. The maximum Gasteiger partial charge on any atom is 0.326 e. The van der Waals surface area contributed by atoms with E-state index in [4.69, 9.17) is 10.8 Å². The Morgan fingerprint density at radius 3 is 2.47 bits per heavy atom. The van der Waals surface area contributed by atoms with Crippen LogP contribution in [0.2, 0.25) is 0 Å². The van der Waals surface area contributed by atoms with Crippen molar-refractivity contribution in [3.8, 4) is 0 Å². The van der Waals surface area contributed by atoms with Crippen molar-refractivity contribution < 1.29 is 19.5 Å². The summed E-state index contributed by atoms with van der Waals surface area (Å²) in [6.45, 7) is 2.12. The predicted molar refractivity (Wildman–Crippen MR) is 61.3 cm³/mol. The zero-order valence-electron chi connectivity index (χ0n) is 9.86. The number of carboxylic acids is 1. The highest BCUT2D eigenvalue weighted by Gasteiger charge is 2.18. The quantitative estimate of drug-likeness (QED) is 0.442. The molecule has 0 spiro atoms. The maximum absolute atomic E-state index is 11.3. The van der Waals surface area contributed by atoms with E-state index < -0.39 is 23.9 Å². The first-order chi connectivity index (χ1) is 7.97. The number of hydrogen-bond donors (Lipinski definition) is 4. The first-order valence-electron chi connectivity index (χ1n) is 5.52. The minimum Gasteiger partial charge on any atom is -0.480 e. The van der Waals surface area contributed by atoms with Crippen LogP contribution >= 0.6 is 0 Å². The fourth-order valence-corrected chi connectivity index (χ4v) is 1.22. The molecule has 0 aromatic carbocycles. The average molecular weight is 245 g/mol. The summed E-state index contributed by atoms with van der Waals surface area (Å²) in [5.74, 6) is -1.49. The summed E-state index contributed by atoms with van der Waals surface area (Å²) in [6.07, 6.45) is 1.68. The SMILES string of the molecule is CCC[C@H](NC(=O)NCCCC(N)=O)C(=O)O. The van der Waals surface area contributed by atoms with E-state index in [9.17, 15) is 14.4 Å². The van der Waals surface area contributed by atoms with Crippen LogP contribution in [-0.4, -0.2) is 35.6 Å². The molecule has 17 heavy (non-hydrogen) atoms. The van der Waals surface area contributed by atoms with Crippen LogP contribution < -0.4 is 16.4 Å². The third-order valence-corrected chi connectivity index (χ3v) is 2.07. The lowest BCUT2D eigenvalue weighted by Crippen LogP contribution is -2.46.